The second-order valence-electron chi connectivity index (χ2n) is 6.53. The van der Waals surface area contributed by atoms with Crippen molar-refractivity contribution < 1.29 is 0 Å². The Morgan fingerprint density at radius 1 is 0.545 bits per heavy atom. The van der Waals surface area contributed by atoms with Gasteiger partial charge in [0.15, 0.2) is 0 Å². The Morgan fingerprint density at radius 2 is 1.00 bits per heavy atom. The molecule has 0 bridgehead atoms. The molecule has 1 aliphatic heterocycles. The Bertz CT molecular complexity index is 808. The van der Waals surface area contributed by atoms with Crippen molar-refractivity contribution in [2.75, 3.05) is 0 Å². The van der Waals surface area contributed by atoms with Gasteiger partial charge in [0.05, 0.1) is 0 Å². The molecule has 3 aromatic carbocycles. The third-order valence-electron chi connectivity index (χ3n) is 4.74. The van der Waals surface area contributed by atoms with Gasteiger partial charge in [-0.3, -0.25) is 0 Å². The summed E-state index contributed by atoms with van der Waals surface area (Å²) in [6.45, 7) is 6.88. The Kier molecular flexibility index (Phi) is 2.97. The highest BCUT2D eigenvalue weighted by Crippen LogP contribution is 2.24. The summed E-state index contributed by atoms with van der Waals surface area (Å²) in [4.78, 5) is 0. The van der Waals surface area contributed by atoms with Crippen LogP contribution in [0.4, 0.5) is 0 Å². The van der Waals surface area contributed by atoms with Gasteiger partial charge in [0.1, 0.15) is 0 Å². The molecule has 0 radical (unpaired) electrons. The first kappa shape index (κ1) is 13.4. The van der Waals surface area contributed by atoms with Gasteiger partial charge in [-0.1, -0.05) is 93.7 Å². The van der Waals surface area contributed by atoms with E-state index in [0.717, 1.165) is 0 Å². The second kappa shape index (κ2) is 4.88. The summed E-state index contributed by atoms with van der Waals surface area (Å²) in [6.07, 6.45) is 0. The largest absolute Gasteiger partial charge is 0.242 e. The summed E-state index contributed by atoms with van der Waals surface area (Å²) in [6, 6.07) is 22.7. The van der Waals surface area contributed by atoms with Crippen LogP contribution in [-0.2, 0) is 0 Å². The summed E-state index contributed by atoms with van der Waals surface area (Å²) in [5.74, 6) is 0. The maximum absolute atomic E-state index is 2.36. The predicted octanol–water partition coefficient (Wildman–Crippen LogP) is 3.11. The number of benzene rings is 3. The van der Waals surface area contributed by atoms with Gasteiger partial charge in [-0.05, 0) is 31.9 Å². The molecule has 0 N–H and O–H groups in total. The second-order valence-corrected chi connectivity index (χ2v) is 6.53. The molecular weight excluding hydrogens is 263 g/mol. The van der Waals surface area contributed by atoms with E-state index in [1.54, 1.807) is 0 Å². The van der Waals surface area contributed by atoms with Crippen molar-refractivity contribution in [3.8, 4) is 11.1 Å². The van der Waals surface area contributed by atoms with Crippen molar-refractivity contribution in [2.45, 2.75) is 20.8 Å². The Hall–Kier alpha value is -2.28. The van der Waals surface area contributed by atoms with Gasteiger partial charge < -0.3 is 0 Å². The summed E-state index contributed by atoms with van der Waals surface area (Å²) >= 11 is 0. The molecule has 0 unspecified atom stereocenters. The lowest BCUT2D eigenvalue weighted by molar-refractivity contribution is 1.48. The van der Waals surface area contributed by atoms with Gasteiger partial charge in [0, 0.05) is 0 Å². The van der Waals surface area contributed by atoms with Crippen molar-refractivity contribution in [1.29, 1.82) is 0 Å². The van der Waals surface area contributed by atoms with Crippen LogP contribution in [0.3, 0.4) is 0 Å². The molecule has 0 atom stereocenters. The number of rotatable bonds is 1. The Balaban J connectivity index is 1.99. The Morgan fingerprint density at radius 3 is 1.50 bits per heavy atom. The van der Waals surface area contributed by atoms with E-state index < -0.39 is 0 Å². The fourth-order valence-electron chi connectivity index (χ4n) is 3.62. The van der Waals surface area contributed by atoms with E-state index in [1.165, 1.54) is 44.2 Å². The van der Waals surface area contributed by atoms with Crippen LogP contribution in [0, 0.1) is 20.8 Å². The SMILES string of the molecule is Cc1ccc(B2c3cc(C)ccc3-c3ccc(C)cc32)cc1. The predicted molar refractivity (Wildman–Crippen MR) is 97.2 cm³/mol. The van der Waals surface area contributed by atoms with Crippen LogP contribution in [0.15, 0.2) is 60.7 Å². The molecule has 0 aliphatic carbocycles. The van der Waals surface area contributed by atoms with E-state index in [0.29, 0.717) is 6.71 Å². The highest BCUT2D eigenvalue weighted by molar-refractivity contribution is 6.99. The molecule has 0 fully saturated rings. The van der Waals surface area contributed by atoms with Crippen molar-refractivity contribution in [3.63, 3.8) is 0 Å². The monoisotopic (exact) mass is 282 g/mol. The Labute approximate surface area is 132 Å². The molecule has 22 heavy (non-hydrogen) atoms. The fourth-order valence-corrected chi connectivity index (χ4v) is 3.62. The number of fused-ring (bicyclic) bond motifs is 3. The van der Waals surface area contributed by atoms with Crippen molar-refractivity contribution >= 4 is 23.1 Å². The van der Waals surface area contributed by atoms with Crippen LogP contribution in [0.1, 0.15) is 16.7 Å². The first-order valence-corrected chi connectivity index (χ1v) is 7.91. The molecule has 0 nitrogen and oxygen atoms in total. The van der Waals surface area contributed by atoms with E-state index in [-0.39, 0.29) is 0 Å². The highest BCUT2D eigenvalue weighted by Gasteiger charge is 2.33. The lowest BCUT2D eigenvalue weighted by Crippen LogP contribution is -2.49. The topological polar surface area (TPSA) is 0 Å². The molecular formula is C21H19B. The summed E-state index contributed by atoms with van der Waals surface area (Å²) in [5.41, 5.74) is 11.1. The van der Waals surface area contributed by atoms with Gasteiger partial charge in [0.2, 0.25) is 6.71 Å². The van der Waals surface area contributed by atoms with Gasteiger partial charge in [0.25, 0.3) is 0 Å². The minimum absolute atomic E-state index is 0.366. The number of hydrogen-bond acceptors (Lipinski definition) is 0. The minimum atomic E-state index is 0.366. The molecule has 0 spiro atoms. The molecule has 0 saturated carbocycles. The summed E-state index contributed by atoms with van der Waals surface area (Å²) in [7, 11) is 0. The van der Waals surface area contributed by atoms with Crippen LogP contribution in [0.25, 0.3) is 11.1 Å². The molecule has 4 rings (SSSR count). The van der Waals surface area contributed by atoms with E-state index in [2.05, 4.69) is 81.4 Å². The zero-order valence-electron chi connectivity index (χ0n) is 13.4. The minimum Gasteiger partial charge on any atom is -0.0686 e. The lowest BCUT2D eigenvalue weighted by Gasteiger charge is -2.12. The third kappa shape index (κ3) is 2.01. The summed E-state index contributed by atoms with van der Waals surface area (Å²) < 4.78 is 0. The lowest BCUT2D eigenvalue weighted by atomic mass is 9.39. The molecule has 1 aliphatic rings. The fraction of sp³-hybridized carbons (Fsp3) is 0.143. The van der Waals surface area contributed by atoms with Gasteiger partial charge in [-0.25, -0.2) is 0 Å². The van der Waals surface area contributed by atoms with Gasteiger partial charge in [-0.2, -0.15) is 0 Å². The van der Waals surface area contributed by atoms with Gasteiger partial charge >= 0.3 is 0 Å². The van der Waals surface area contributed by atoms with Crippen LogP contribution in [0.5, 0.6) is 0 Å². The van der Waals surface area contributed by atoms with Crippen LogP contribution in [0.2, 0.25) is 0 Å². The first-order valence-electron chi connectivity index (χ1n) is 7.91. The first-order chi connectivity index (χ1) is 10.6. The van der Waals surface area contributed by atoms with Crippen molar-refractivity contribution in [3.05, 3.63) is 77.4 Å². The molecule has 3 aromatic rings. The molecule has 106 valence electrons. The molecule has 0 aromatic heterocycles. The van der Waals surface area contributed by atoms with E-state index >= 15 is 0 Å². The van der Waals surface area contributed by atoms with E-state index in [1.807, 2.05) is 0 Å². The smallest absolute Gasteiger partial charge is 0.0686 e. The number of hydrogen-bond donors (Lipinski definition) is 0. The molecule has 1 heteroatoms. The van der Waals surface area contributed by atoms with E-state index in [4.69, 9.17) is 0 Å². The normalized spacial score (nSPS) is 12.2. The van der Waals surface area contributed by atoms with Crippen LogP contribution >= 0.6 is 0 Å². The zero-order valence-corrected chi connectivity index (χ0v) is 13.4. The number of aryl methyl sites for hydroxylation is 3. The van der Waals surface area contributed by atoms with Crippen LogP contribution in [-0.4, -0.2) is 6.71 Å². The molecule has 0 saturated heterocycles. The standard InChI is InChI=1S/C21H19B/c1-14-4-8-17(9-5-14)22-20-12-15(2)6-10-18(20)19-11-7-16(3)13-21(19)22/h4-13H,1-3H3. The third-order valence-corrected chi connectivity index (χ3v) is 4.74. The van der Waals surface area contributed by atoms with E-state index in [9.17, 15) is 0 Å². The molecule has 0 amide bonds. The maximum Gasteiger partial charge on any atom is 0.242 e. The van der Waals surface area contributed by atoms with Gasteiger partial charge in [-0.15, -0.1) is 0 Å². The van der Waals surface area contributed by atoms with Crippen LogP contribution < -0.4 is 16.4 Å². The average Bonchev–Trinajstić information content (AvgIpc) is 2.80. The van der Waals surface area contributed by atoms with Crippen molar-refractivity contribution in [2.24, 2.45) is 0 Å². The zero-order chi connectivity index (χ0) is 15.3. The molecule has 1 heterocycles. The van der Waals surface area contributed by atoms with Crippen molar-refractivity contribution in [1.82, 2.24) is 0 Å². The highest BCUT2D eigenvalue weighted by atomic mass is 14.2. The average molecular weight is 282 g/mol. The quantitative estimate of drug-likeness (QED) is 0.471. The summed E-state index contributed by atoms with van der Waals surface area (Å²) in [5, 5.41) is 0. The maximum atomic E-state index is 2.36.